The number of pyridine rings is 1. The number of nitrogens with one attached hydrogen (secondary N) is 1. The molecule has 3 N–H and O–H groups in total. The van der Waals surface area contributed by atoms with Gasteiger partial charge in [0.25, 0.3) is 5.91 Å². The number of fused-ring (bicyclic) bond motifs is 1. The zero-order valence-corrected chi connectivity index (χ0v) is 15.2. The minimum atomic E-state index is -0.436. The highest BCUT2D eigenvalue weighted by Gasteiger charge is 2.16. The number of aromatic nitrogens is 2. The van der Waals surface area contributed by atoms with E-state index in [4.69, 9.17) is 5.73 Å². The van der Waals surface area contributed by atoms with Crippen LogP contribution in [0.2, 0.25) is 0 Å². The summed E-state index contributed by atoms with van der Waals surface area (Å²) >= 11 is 1.61. The van der Waals surface area contributed by atoms with Gasteiger partial charge < -0.3 is 15.5 Å². The number of nitrogens with two attached hydrogens (primary N) is 1. The molecule has 1 aromatic carbocycles. The van der Waals surface area contributed by atoms with E-state index in [1.807, 2.05) is 73.1 Å². The van der Waals surface area contributed by atoms with Crippen LogP contribution >= 0.6 is 11.8 Å². The minimum absolute atomic E-state index is 0.100. The van der Waals surface area contributed by atoms with Crippen LogP contribution in [-0.4, -0.2) is 27.4 Å². The molecule has 3 rings (SSSR count). The number of benzene rings is 1. The van der Waals surface area contributed by atoms with Gasteiger partial charge in [0.15, 0.2) is 0 Å². The number of carbonyl (C=O) groups excluding carboxylic acids is 1. The first-order chi connectivity index (χ1) is 11.9. The summed E-state index contributed by atoms with van der Waals surface area (Å²) in [5.74, 6) is 0.602. The van der Waals surface area contributed by atoms with Gasteiger partial charge in [0.2, 0.25) is 0 Å². The van der Waals surface area contributed by atoms with E-state index in [-0.39, 0.29) is 5.91 Å². The van der Waals surface area contributed by atoms with Crippen molar-refractivity contribution in [2.75, 3.05) is 6.54 Å². The lowest BCUT2D eigenvalue weighted by atomic mass is 10.1. The van der Waals surface area contributed by atoms with E-state index in [1.54, 1.807) is 11.8 Å². The second-order valence-electron chi connectivity index (χ2n) is 6.65. The van der Waals surface area contributed by atoms with Gasteiger partial charge >= 0.3 is 0 Å². The Hall–Kier alpha value is -2.31. The molecule has 0 fully saturated rings. The van der Waals surface area contributed by atoms with Crippen molar-refractivity contribution < 1.29 is 4.79 Å². The Bertz CT molecular complexity index is 849. The molecule has 0 aliphatic heterocycles. The number of imidazole rings is 1. The molecule has 0 radical (unpaired) electrons. The molecule has 25 heavy (non-hydrogen) atoms. The van der Waals surface area contributed by atoms with Gasteiger partial charge in [0.05, 0.1) is 11.3 Å². The van der Waals surface area contributed by atoms with Gasteiger partial charge in [-0.05, 0) is 38.1 Å². The summed E-state index contributed by atoms with van der Waals surface area (Å²) < 4.78 is 2.00. The normalized spacial score (nSPS) is 11.6. The van der Waals surface area contributed by atoms with Crippen molar-refractivity contribution in [3.63, 3.8) is 0 Å². The van der Waals surface area contributed by atoms with Crippen LogP contribution in [0.15, 0.2) is 59.8 Å². The summed E-state index contributed by atoms with van der Waals surface area (Å²) in [6, 6.07) is 13.5. The maximum Gasteiger partial charge on any atom is 0.252 e. The Morgan fingerprint density at radius 3 is 2.76 bits per heavy atom. The molecule has 0 atom stereocenters. The molecule has 0 unspecified atom stereocenters. The quantitative estimate of drug-likeness (QED) is 0.667. The van der Waals surface area contributed by atoms with Crippen LogP contribution in [0.3, 0.4) is 0 Å². The van der Waals surface area contributed by atoms with Gasteiger partial charge in [-0.2, -0.15) is 0 Å². The highest BCUT2D eigenvalue weighted by molar-refractivity contribution is 7.98. The maximum absolute atomic E-state index is 12.5. The molecule has 130 valence electrons. The van der Waals surface area contributed by atoms with E-state index >= 15 is 0 Å². The van der Waals surface area contributed by atoms with Crippen LogP contribution in [0, 0.1) is 0 Å². The van der Waals surface area contributed by atoms with E-state index in [9.17, 15) is 4.79 Å². The van der Waals surface area contributed by atoms with Crippen molar-refractivity contribution in [3.05, 3.63) is 66.1 Å². The Kier molecular flexibility index (Phi) is 5.11. The first kappa shape index (κ1) is 17.5. The molecule has 0 saturated heterocycles. The molecule has 1 amide bonds. The molecule has 6 heteroatoms. The zero-order valence-electron chi connectivity index (χ0n) is 14.4. The first-order valence-electron chi connectivity index (χ1n) is 8.14. The van der Waals surface area contributed by atoms with Gasteiger partial charge in [-0.3, -0.25) is 4.79 Å². The van der Waals surface area contributed by atoms with Crippen LogP contribution in [0.4, 0.5) is 0 Å². The topological polar surface area (TPSA) is 72.4 Å². The zero-order chi connectivity index (χ0) is 17.9. The second-order valence-corrected chi connectivity index (χ2v) is 7.67. The van der Waals surface area contributed by atoms with Gasteiger partial charge in [0, 0.05) is 35.1 Å². The van der Waals surface area contributed by atoms with Crippen LogP contribution in [0.5, 0.6) is 0 Å². The third-order valence-electron chi connectivity index (χ3n) is 3.63. The maximum atomic E-state index is 12.5. The van der Waals surface area contributed by atoms with Gasteiger partial charge in [-0.25, -0.2) is 4.98 Å². The summed E-state index contributed by atoms with van der Waals surface area (Å²) in [6.45, 7) is 4.20. The lowest BCUT2D eigenvalue weighted by molar-refractivity contribution is 0.0943. The van der Waals surface area contributed by atoms with Gasteiger partial charge in [-0.1, -0.05) is 18.2 Å². The van der Waals surface area contributed by atoms with Crippen molar-refractivity contribution in [1.29, 1.82) is 0 Å². The number of amides is 1. The van der Waals surface area contributed by atoms with Gasteiger partial charge in [-0.15, -0.1) is 11.8 Å². The Balaban J connectivity index is 1.71. The van der Waals surface area contributed by atoms with Crippen LogP contribution in [-0.2, 0) is 5.75 Å². The number of nitrogens with zero attached hydrogens (tertiary/aromatic N) is 2. The fraction of sp³-hybridized carbons (Fsp3) is 0.263. The molecule has 2 aromatic heterocycles. The Morgan fingerprint density at radius 1 is 1.24 bits per heavy atom. The summed E-state index contributed by atoms with van der Waals surface area (Å²) in [5.41, 5.74) is 8.08. The molecule has 0 spiro atoms. The van der Waals surface area contributed by atoms with Crippen LogP contribution < -0.4 is 11.1 Å². The lowest BCUT2D eigenvalue weighted by Crippen LogP contribution is -2.45. The van der Waals surface area contributed by atoms with E-state index in [1.165, 1.54) is 0 Å². The number of rotatable bonds is 6. The molecular formula is C19H22N4OS. The third-order valence-corrected chi connectivity index (χ3v) is 4.73. The van der Waals surface area contributed by atoms with Crippen molar-refractivity contribution >= 4 is 23.3 Å². The van der Waals surface area contributed by atoms with Crippen molar-refractivity contribution in [1.82, 2.24) is 14.7 Å². The highest BCUT2D eigenvalue weighted by atomic mass is 32.2. The summed E-state index contributed by atoms with van der Waals surface area (Å²) in [7, 11) is 0. The molecule has 5 nitrogen and oxygen atoms in total. The standard InChI is InChI=1S/C19H22N4OS/c1-19(2,20)13-21-18(24)15-7-3-4-8-16(15)25-12-14-11-23-10-6-5-9-17(23)22-14/h3-11H,12-13,20H2,1-2H3,(H,21,24). The van der Waals surface area contributed by atoms with Crippen molar-refractivity contribution in [2.45, 2.75) is 30.0 Å². The molecule has 0 saturated carbocycles. The number of carbonyl (C=O) groups is 1. The number of hydrogen-bond donors (Lipinski definition) is 2. The van der Waals surface area contributed by atoms with Crippen LogP contribution in [0.25, 0.3) is 5.65 Å². The highest BCUT2D eigenvalue weighted by Crippen LogP contribution is 2.26. The summed E-state index contributed by atoms with van der Waals surface area (Å²) in [5, 5.41) is 2.90. The second kappa shape index (κ2) is 7.29. The van der Waals surface area contributed by atoms with Crippen molar-refractivity contribution in [3.8, 4) is 0 Å². The Morgan fingerprint density at radius 2 is 2.00 bits per heavy atom. The third kappa shape index (κ3) is 4.61. The van der Waals surface area contributed by atoms with E-state index in [0.29, 0.717) is 17.9 Å². The molecule has 0 aliphatic carbocycles. The van der Waals surface area contributed by atoms with E-state index in [0.717, 1.165) is 16.2 Å². The largest absolute Gasteiger partial charge is 0.350 e. The number of hydrogen-bond acceptors (Lipinski definition) is 4. The van der Waals surface area contributed by atoms with E-state index in [2.05, 4.69) is 10.3 Å². The fourth-order valence-electron chi connectivity index (χ4n) is 2.39. The minimum Gasteiger partial charge on any atom is -0.350 e. The van der Waals surface area contributed by atoms with Crippen molar-refractivity contribution in [2.24, 2.45) is 5.73 Å². The average Bonchev–Trinajstić information content (AvgIpc) is 3.00. The Labute approximate surface area is 151 Å². The molecule has 0 bridgehead atoms. The summed E-state index contributed by atoms with van der Waals surface area (Å²) in [4.78, 5) is 18.0. The summed E-state index contributed by atoms with van der Waals surface area (Å²) in [6.07, 6.45) is 3.99. The molecular weight excluding hydrogens is 332 g/mol. The fourth-order valence-corrected chi connectivity index (χ4v) is 3.33. The van der Waals surface area contributed by atoms with E-state index < -0.39 is 5.54 Å². The molecule has 3 aromatic rings. The predicted octanol–water partition coefficient (Wildman–Crippen LogP) is 3.09. The smallest absolute Gasteiger partial charge is 0.252 e. The van der Waals surface area contributed by atoms with Gasteiger partial charge in [0.1, 0.15) is 5.65 Å². The number of thioether (sulfide) groups is 1. The molecule has 0 aliphatic rings. The monoisotopic (exact) mass is 354 g/mol. The first-order valence-corrected chi connectivity index (χ1v) is 9.12. The predicted molar refractivity (Wildman–Crippen MR) is 102 cm³/mol. The average molecular weight is 354 g/mol. The SMILES string of the molecule is CC(C)(N)CNC(=O)c1ccccc1SCc1cn2ccccc2n1. The lowest BCUT2D eigenvalue weighted by Gasteiger charge is -2.19. The molecule has 2 heterocycles. The van der Waals surface area contributed by atoms with Crippen LogP contribution in [0.1, 0.15) is 29.9 Å².